The first-order valence-electron chi connectivity index (χ1n) is 14.2. The van der Waals surface area contributed by atoms with E-state index in [0.29, 0.717) is 0 Å². The first kappa shape index (κ1) is 23.0. The Bertz CT molecular complexity index is 2290. The standard InChI is InChI=1S/C38H26N2S/c1-38(27-19-17-24-10-2-3-11-25(24)22-27)31-14-6-4-12-28(31)35(29-13-5-7-15-32(29)38)26-18-20-33-30(23-26)36-37(41-33)40-21-9-8-16-34(40)39-36/h2-23,31H,1H3. The molecule has 0 radical (unpaired) electrons. The van der Waals surface area contributed by atoms with Crippen molar-refractivity contribution in [1.29, 1.82) is 0 Å². The molecule has 9 rings (SSSR count). The zero-order chi connectivity index (χ0) is 27.1. The number of hydrogen-bond donors (Lipinski definition) is 0. The van der Waals surface area contributed by atoms with E-state index >= 15 is 0 Å². The van der Waals surface area contributed by atoms with Gasteiger partial charge in [0.25, 0.3) is 0 Å². The molecule has 0 aliphatic heterocycles. The van der Waals surface area contributed by atoms with Crippen molar-refractivity contribution in [2.24, 2.45) is 5.92 Å². The van der Waals surface area contributed by atoms with Crippen molar-refractivity contribution in [1.82, 2.24) is 9.38 Å². The molecule has 4 aromatic carbocycles. The van der Waals surface area contributed by atoms with Crippen LogP contribution in [0.2, 0.25) is 0 Å². The molecule has 0 N–H and O–H groups in total. The Morgan fingerprint density at radius 3 is 2.61 bits per heavy atom. The van der Waals surface area contributed by atoms with E-state index < -0.39 is 0 Å². The van der Waals surface area contributed by atoms with Crippen LogP contribution in [0.15, 0.2) is 139 Å². The van der Waals surface area contributed by atoms with Gasteiger partial charge in [0.05, 0.1) is 0 Å². The summed E-state index contributed by atoms with van der Waals surface area (Å²) >= 11 is 1.82. The van der Waals surface area contributed by atoms with Crippen LogP contribution in [-0.4, -0.2) is 9.38 Å². The summed E-state index contributed by atoms with van der Waals surface area (Å²) in [7, 11) is 0. The molecular formula is C38H26N2S. The average Bonchev–Trinajstić information content (AvgIpc) is 3.57. The second-order valence-electron chi connectivity index (χ2n) is 11.4. The quantitative estimate of drug-likeness (QED) is 0.213. The molecule has 0 spiro atoms. The van der Waals surface area contributed by atoms with Crippen molar-refractivity contribution in [3.63, 3.8) is 0 Å². The topological polar surface area (TPSA) is 17.3 Å². The molecule has 2 aliphatic rings. The second kappa shape index (κ2) is 8.39. The number of nitrogens with zero attached hydrogens (tertiary/aromatic N) is 2. The first-order valence-corrected chi connectivity index (χ1v) is 15.0. The molecule has 3 heteroatoms. The lowest BCUT2D eigenvalue weighted by Crippen LogP contribution is -2.38. The van der Waals surface area contributed by atoms with Crippen molar-refractivity contribution >= 4 is 53.8 Å². The second-order valence-corrected chi connectivity index (χ2v) is 12.4. The van der Waals surface area contributed by atoms with Gasteiger partial charge >= 0.3 is 0 Å². The van der Waals surface area contributed by atoms with Gasteiger partial charge in [0.1, 0.15) is 16.0 Å². The Kier molecular flexibility index (Phi) is 4.71. The van der Waals surface area contributed by atoms with E-state index in [4.69, 9.17) is 4.98 Å². The van der Waals surface area contributed by atoms with Gasteiger partial charge in [-0.15, -0.1) is 11.3 Å². The molecule has 0 saturated carbocycles. The van der Waals surface area contributed by atoms with Gasteiger partial charge in [-0.25, -0.2) is 4.98 Å². The number of benzene rings is 4. The van der Waals surface area contributed by atoms with Gasteiger partial charge < -0.3 is 0 Å². The van der Waals surface area contributed by atoms with Crippen molar-refractivity contribution < 1.29 is 0 Å². The van der Waals surface area contributed by atoms with Crippen LogP contribution in [0, 0.1) is 5.92 Å². The summed E-state index contributed by atoms with van der Waals surface area (Å²) in [4.78, 5) is 6.24. The third kappa shape index (κ3) is 3.15. The van der Waals surface area contributed by atoms with Gasteiger partial charge in [-0.05, 0) is 68.4 Å². The summed E-state index contributed by atoms with van der Waals surface area (Å²) in [6, 6.07) is 37.9. The number of allylic oxidation sites excluding steroid dienone is 5. The van der Waals surface area contributed by atoms with E-state index in [1.165, 1.54) is 59.1 Å². The molecule has 41 heavy (non-hydrogen) atoms. The average molecular weight is 543 g/mol. The van der Waals surface area contributed by atoms with Crippen LogP contribution in [0.25, 0.3) is 42.4 Å². The van der Waals surface area contributed by atoms with E-state index in [2.05, 4.69) is 145 Å². The van der Waals surface area contributed by atoms with Gasteiger partial charge in [0.2, 0.25) is 0 Å². The zero-order valence-corrected chi connectivity index (χ0v) is 23.4. The number of rotatable bonds is 2. The van der Waals surface area contributed by atoms with Crippen molar-refractivity contribution in [2.45, 2.75) is 12.3 Å². The van der Waals surface area contributed by atoms with Crippen molar-refractivity contribution in [3.8, 4) is 0 Å². The lowest BCUT2D eigenvalue weighted by Gasteiger charge is -2.45. The molecule has 7 aromatic rings. The molecule has 194 valence electrons. The van der Waals surface area contributed by atoms with Gasteiger partial charge in [0.15, 0.2) is 0 Å². The fraction of sp³-hybridized carbons (Fsp3) is 0.0789. The minimum Gasteiger partial charge on any atom is -0.291 e. The summed E-state index contributed by atoms with van der Waals surface area (Å²) in [5, 5.41) is 3.79. The smallest absolute Gasteiger partial charge is 0.138 e. The third-order valence-corrected chi connectivity index (χ3v) is 10.4. The minimum atomic E-state index is -0.206. The molecule has 0 bridgehead atoms. The lowest BCUT2D eigenvalue weighted by atomic mass is 9.57. The first-order chi connectivity index (χ1) is 20.2. The Hall–Kier alpha value is -4.73. The van der Waals surface area contributed by atoms with Crippen molar-refractivity contribution in [2.75, 3.05) is 0 Å². The monoisotopic (exact) mass is 542 g/mol. The van der Waals surface area contributed by atoms with E-state index in [-0.39, 0.29) is 11.3 Å². The number of aromatic nitrogens is 2. The molecule has 2 atom stereocenters. The third-order valence-electron chi connectivity index (χ3n) is 9.26. The largest absolute Gasteiger partial charge is 0.291 e. The Balaban J connectivity index is 1.31. The van der Waals surface area contributed by atoms with Crippen LogP contribution >= 0.6 is 11.3 Å². The maximum Gasteiger partial charge on any atom is 0.138 e. The summed E-state index contributed by atoms with van der Waals surface area (Å²) in [5.74, 6) is 0.215. The summed E-state index contributed by atoms with van der Waals surface area (Å²) in [6.07, 6.45) is 11.3. The molecule has 0 saturated heterocycles. The molecule has 3 aromatic heterocycles. The highest BCUT2D eigenvalue weighted by atomic mass is 32.1. The molecule has 2 aliphatic carbocycles. The number of fused-ring (bicyclic) bond motifs is 8. The van der Waals surface area contributed by atoms with Crippen LogP contribution in [0.1, 0.15) is 29.2 Å². The predicted octanol–water partition coefficient (Wildman–Crippen LogP) is 9.72. The minimum absolute atomic E-state index is 0.206. The molecule has 2 unspecified atom stereocenters. The highest BCUT2D eigenvalue weighted by molar-refractivity contribution is 7.25. The number of pyridine rings is 1. The lowest BCUT2D eigenvalue weighted by molar-refractivity contribution is 0.463. The maximum absolute atomic E-state index is 5.04. The molecule has 3 heterocycles. The Morgan fingerprint density at radius 2 is 1.66 bits per heavy atom. The fourth-order valence-corrected chi connectivity index (χ4v) is 8.36. The number of thiophene rings is 1. The Labute approximate surface area is 242 Å². The molecule has 0 fully saturated rings. The van der Waals surface area contributed by atoms with E-state index in [1.54, 1.807) is 0 Å². The summed E-state index contributed by atoms with van der Waals surface area (Å²) < 4.78 is 3.48. The molecular weight excluding hydrogens is 516 g/mol. The van der Waals surface area contributed by atoms with Gasteiger partial charge in [-0.1, -0.05) is 110 Å². The molecule has 0 amide bonds. The van der Waals surface area contributed by atoms with E-state index in [9.17, 15) is 0 Å². The van der Waals surface area contributed by atoms with Crippen LogP contribution in [0.4, 0.5) is 0 Å². The van der Waals surface area contributed by atoms with Crippen LogP contribution in [-0.2, 0) is 5.41 Å². The number of imidazole rings is 1. The maximum atomic E-state index is 5.04. The highest BCUT2D eigenvalue weighted by Gasteiger charge is 2.44. The van der Waals surface area contributed by atoms with E-state index in [0.717, 1.165) is 11.2 Å². The highest BCUT2D eigenvalue weighted by Crippen LogP contribution is 2.54. The zero-order valence-electron chi connectivity index (χ0n) is 22.6. The summed E-state index contributed by atoms with van der Waals surface area (Å²) in [5.41, 5.74) is 9.88. The SMILES string of the molecule is CC1(c2ccc3ccccc3c2)c2ccccc2C(c2ccc3sc4c(nc5ccccn54)c3c2)=C2C=CC=CC21. The summed E-state index contributed by atoms with van der Waals surface area (Å²) in [6.45, 7) is 2.43. The van der Waals surface area contributed by atoms with Crippen LogP contribution in [0.3, 0.4) is 0 Å². The predicted molar refractivity (Wildman–Crippen MR) is 173 cm³/mol. The Morgan fingerprint density at radius 1 is 0.805 bits per heavy atom. The normalized spacial score (nSPS) is 19.9. The van der Waals surface area contributed by atoms with E-state index in [1.807, 2.05) is 11.3 Å². The van der Waals surface area contributed by atoms with Crippen molar-refractivity contribution in [3.05, 3.63) is 161 Å². The van der Waals surface area contributed by atoms with Gasteiger partial charge in [0, 0.05) is 27.6 Å². The number of hydrogen-bond acceptors (Lipinski definition) is 2. The van der Waals surface area contributed by atoms with Crippen LogP contribution in [0.5, 0.6) is 0 Å². The van der Waals surface area contributed by atoms with Gasteiger partial charge in [-0.2, -0.15) is 0 Å². The fourth-order valence-electron chi connectivity index (χ4n) is 7.24. The molecule has 2 nitrogen and oxygen atoms in total. The van der Waals surface area contributed by atoms with Gasteiger partial charge in [-0.3, -0.25) is 4.40 Å². The van der Waals surface area contributed by atoms with Crippen LogP contribution < -0.4 is 0 Å².